The molecule has 0 amide bonds. The van der Waals surface area contributed by atoms with Gasteiger partial charge in [-0.05, 0) is 6.16 Å². The van der Waals surface area contributed by atoms with Crippen LogP contribution in [0.5, 0.6) is 0 Å². The fraction of sp³-hybridized carbons (Fsp3) is 0. The summed E-state index contributed by atoms with van der Waals surface area (Å²) < 4.78 is 0. The van der Waals surface area contributed by atoms with E-state index in [1.54, 1.807) is 0 Å². The molecule has 0 radical (unpaired) electrons. The van der Waals surface area contributed by atoms with Gasteiger partial charge in [0.15, 0.2) is 0 Å². The van der Waals surface area contributed by atoms with Gasteiger partial charge in [-0.2, -0.15) is 0 Å². The maximum Gasteiger partial charge on any atom is 1.00 e. The maximum atomic E-state index is 8.33. The standard InChI is InChI=1S/CH2O3.2K.H2O.Rb/c2-1(3)4;;;;/h(H2,2,3,4);;;1H2;/q;2*+1;;+1/p-3. The predicted octanol–water partition coefficient (Wildman–Crippen LogP) is -11.6. The van der Waals surface area contributed by atoms with Gasteiger partial charge >= 0.3 is 161 Å². The topological polar surface area (TPSA) is 93.2 Å². The van der Waals surface area contributed by atoms with Crippen molar-refractivity contribution in [3.63, 3.8) is 0 Å². The molecule has 0 aliphatic heterocycles. The zero-order valence-electron chi connectivity index (χ0n) is 5.17. The van der Waals surface area contributed by atoms with Crippen molar-refractivity contribution in [2.75, 3.05) is 0 Å². The summed E-state index contributed by atoms with van der Waals surface area (Å²) in [5.41, 5.74) is 0. The number of carbonyl (C=O) groups excluding carboxylic acids is 1. The summed E-state index contributed by atoms with van der Waals surface area (Å²) in [6, 6.07) is 0. The minimum Gasteiger partial charge on any atom is -0.870 e. The Morgan fingerprint density at radius 3 is 1.12 bits per heavy atom. The van der Waals surface area contributed by atoms with Crippen LogP contribution in [0.25, 0.3) is 0 Å². The molecule has 0 aromatic carbocycles. The molecule has 1 N–H and O–H groups in total. The predicted molar refractivity (Wildman–Crippen MR) is 7.33 cm³/mol. The molecule has 7 heteroatoms. The van der Waals surface area contributed by atoms with Crippen LogP contribution in [0.15, 0.2) is 0 Å². The Balaban J connectivity index is -0.00000000750. The van der Waals surface area contributed by atoms with Crippen molar-refractivity contribution in [2.45, 2.75) is 0 Å². The van der Waals surface area contributed by atoms with E-state index in [4.69, 9.17) is 15.0 Å². The quantitative estimate of drug-likeness (QED) is 0.393. The van der Waals surface area contributed by atoms with Crippen LogP contribution >= 0.6 is 0 Å². The molecule has 0 saturated carbocycles. The minimum atomic E-state index is -2.33. The van der Waals surface area contributed by atoms with Crippen LogP contribution < -0.4 is 171 Å². The van der Waals surface area contributed by atoms with Crippen LogP contribution in [0.2, 0.25) is 0 Å². The Hall–Kier alpha value is 4.31. The fourth-order valence-electron chi connectivity index (χ4n) is 0. The van der Waals surface area contributed by atoms with Crippen LogP contribution in [0.1, 0.15) is 0 Å². The van der Waals surface area contributed by atoms with Gasteiger partial charge in [0.05, 0.1) is 0 Å². The van der Waals surface area contributed by atoms with Gasteiger partial charge in [-0.3, -0.25) is 0 Å². The molecule has 0 aromatic rings. The smallest absolute Gasteiger partial charge is 0.870 e. The Bertz CT molecular complexity index is 37.0. The van der Waals surface area contributed by atoms with E-state index in [1.165, 1.54) is 0 Å². The van der Waals surface area contributed by atoms with Crippen LogP contribution in [0, 0.1) is 0 Å². The van der Waals surface area contributed by atoms with Crippen LogP contribution in [-0.2, 0) is 0 Å². The van der Waals surface area contributed by atoms with Crippen LogP contribution in [0.4, 0.5) is 4.79 Å². The van der Waals surface area contributed by atoms with E-state index in [0.29, 0.717) is 0 Å². The Kier molecular flexibility index (Phi) is 82.9. The molecule has 0 aromatic heterocycles. The first-order valence-corrected chi connectivity index (χ1v) is 0.612. The van der Waals surface area contributed by atoms with Gasteiger partial charge in [0.2, 0.25) is 0 Å². The molecule has 0 unspecified atom stereocenters. The minimum absolute atomic E-state index is 0. The number of rotatable bonds is 0. The molecule has 0 atom stereocenters. The second-order valence-corrected chi connectivity index (χ2v) is 0.250. The van der Waals surface area contributed by atoms with Gasteiger partial charge in [-0.25, -0.2) is 0 Å². The summed E-state index contributed by atoms with van der Waals surface area (Å²) in [6.07, 6.45) is -2.33. The zero-order valence-corrected chi connectivity index (χ0v) is 16.3. The number of hydrogen-bond donors (Lipinski definition) is 0. The zero-order chi connectivity index (χ0) is 3.58. The molecule has 0 rings (SSSR count). The largest absolute Gasteiger partial charge is 1.00 e. The molecule has 0 bridgehead atoms. The number of hydrogen-bond acceptors (Lipinski definition) is 4. The first-order valence-electron chi connectivity index (χ1n) is 0.612. The van der Waals surface area contributed by atoms with Crippen LogP contribution in [0.3, 0.4) is 0 Å². The normalized spacial score (nSPS) is 3.00. The number of carboxylic acid groups (broad SMARTS) is 2. The van der Waals surface area contributed by atoms with E-state index in [9.17, 15) is 0 Å². The summed E-state index contributed by atoms with van der Waals surface area (Å²) in [7, 11) is 0. The van der Waals surface area contributed by atoms with Crippen LogP contribution in [-0.4, -0.2) is 11.6 Å². The van der Waals surface area contributed by atoms with E-state index >= 15 is 0 Å². The third kappa shape index (κ3) is 48.1. The molecule has 0 fully saturated rings. The SMILES string of the molecule is O=C([O-])[O-].[K+].[K+].[OH-].[Rb+]. The molecule has 0 spiro atoms. The van der Waals surface area contributed by atoms with E-state index < -0.39 is 6.16 Å². The summed E-state index contributed by atoms with van der Waals surface area (Å²) in [4.78, 5) is 8.33. The molecule has 32 valence electrons. The van der Waals surface area contributed by atoms with Gasteiger partial charge < -0.3 is 20.5 Å². The second-order valence-electron chi connectivity index (χ2n) is 0.250. The molecular formula is CHK2O4Rb. The van der Waals surface area contributed by atoms with Gasteiger partial charge in [0.25, 0.3) is 0 Å². The average molecular weight is 241 g/mol. The molecule has 0 heterocycles. The molecule has 0 aliphatic carbocycles. The van der Waals surface area contributed by atoms with Crippen molar-refractivity contribution in [2.24, 2.45) is 0 Å². The first-order chi connectivity index (χ1) is 1.73. The van der Waals surface area contributed by atoms with Crippen molar-refractivity contribution in [3.05, 3.63) is 0 Å². The molecule has 0 saturated heterocycles. The van der Waals surface area contributed by atoms with E-state index in [1.807, 2.05) is 0 Å². The van der Waals surface area contributed by atoms with Crippen molar-refractivity contribution in [3.8, 4) is 0 Å². The summed E-state index contributed by atoms with van der Waals surface area (Å²) >= 11 is 0. The van der Waals surface area contributed by atoms with Gasteiger partial charge in [0.1, 0.15) is 0 Å². The Labute approximate surface area is 181 Å². The Morgan fingerprint density at radius 2 is 1.12 bits per heavy atom. The van der Waals surface area contributed by atoms with Crippen molar-refractivity contribution >= 4 is 6.16 Å². The maximum absolute atomic E-state index is 8.33. The molecule has 4 nitrogen and oxygen atoms in total. The van der Waals surface area contributed by atoms with Gasteiger partial charge in [-0.1, -0.05) is 0 Å². The third-order valence-electron chi connectivity index (χ3n) is 0. The summed E-state index contributed by atoms with van der Waals surface area (Å²) in [5, 5.41) is 16.7. The second kappa shape index (κ2) is 22.5. The van der Waals surface area contributed by atoms with E-state index in [0.717, 1.165) is 0 Å². The van der Waals surface area contributed by atoms with Gasteiger partial charge in [0, 0.05) is 0 Å². The molecule has 8 heavy (non-hydrogen) atoms. The Morgan fingerprint density at radius 1 is 1.12 bits per heavy atom. The molecular weight excluding hydrogens is 240 g/mol. The summed E-state index contributed by atoms with van der Waals surface area (Å²) in [5.74, 6) is 0. The van der Waals surface area contributed by atoms with Gasteiger partial charge in [-0.15, -0.1) is 0 Å². The third-order valence-corrected chi connectivity index (χ3v) is 0. The average Bonchev–Trinajstić information content (AvgIpc) is 0.811. The van der Waals surface area contributed by atoms with E-state index in [-0.39, 0.29) is 166 Å². The van der Waals surface area contributed by atoms with Crippen molar-refractivity contribution in [1.29, 1.82) is 0 Å². The van der Waals surface area contributed by atoms with Crippen molar-refractivity contribution < 1.29 is 181 Å². The van der Waals surface area contributed by atoms with Crippen molar-refractivity contribution in [1.82, 2.24) is 0 Å². The fourth-order valence-corrected chi connectivity index (χ4v) is 0. The number of carbonyl (C=O) groups is 1. The molecule has 0 aliphatic rings. The summed E-state index contributed by atoms with van der Waals surface area (Å²) in [6.45, 7) is 0. The monoisotopic (exact) mass is 240 g/mol. The first kappa shape index (κ1) is 29.5. The van der Waals surface area contributed by atoms with E-state index in [2.05, 4.69) is 0 Å².